The summed E-state index contributed by atoms with van der Waals surface area (Å²) < 4.78 is 5.91. The van der Waals surface area contributed by atoms with Crippen LogP contribution in [0.25, 0.3) is 44.2 Å². The fourth-order valence-electron chi connectivity index (χ4n) is 5.02. The van der Waals surface area contributed by atoms with Crippen molar-refractivity contribution in [2.75, 3.05) is 6.61 Å². The van der Waals surface area contributed by atoms with Gasteiger partial charge in [0.2, 0.25) is 0 Å². The van der Waals surface area contributed by atoms with E-state index in [9.17, 15) is 9.90 Å². The number of ether oxygens (including phenoxy) is 1. The molecule has 35 heavy (non-hydrogen) atoms. The van der Waals surface area contributed by atoms with E-state index in [1.807, 2.05) is 73.8 Å². The third-order valence-electron chi connectivity index (χ3n) is 6.63. The van der Waals surface area contributed by atoms with Crippen LogP contribution in [-0.2, 0) is 17.6 Å². The molecule has 3 heterocycles. The second kappa shape index (κ2) is 8.36. The molecule has 2 aromatic heterocycles. The van der Waals surface area contributed by atoms with E-state index in [4.69, 9.17) is 26.3 Å². The van der Waals surface area contributed by atoms with Crippen molar-refractivity contribution < 1.29 is 14.6 Å². The van der Waals surface area contributed by atoms with Crippen LogP contribution in [0.3, 0.4) is 0 Å². The Kier molecular flexibility index (Phi) is 5.15. The summed E-state index contributed by atoms with van der Waals surface area (Å²) >= 11 is 6.06. The first kappa shape index (κ1) is 21.6. The van der Waals surface area contributed by atoms with Gasteiger partial charge in [0, 0.05) is 39.5 Å². The molecule has 5 aromatic rings. The molecular weight excluding hydrogens is 460 g/mol. The normalized spacial score (nSPS) is 12.6. The molecule has 0 radical (unpaired) electrons. The van der Waals surface area contributed by atoms with Crippen LogP contribution in [0.1, 0.15) is 16.7 Å². The Morgan fingerprint density at radius 2 is 1.91 bits per heavy atom. The number of halogens is 1. The maximum Gasteiger partial charge on any atom is 0.307 e. The Hall–Kier alpha value is -3.96. The van der Waals surface area contributed by atoms with Gasteiger partial charge >= 0.3 is 5.97 Å². The zero-order valence-corrected chi connectivity index (χ0v) is 19.8. The number of aromatic nitrogens is 2. The summed E-state index contributed by atoms with van der Waals surface area (Å²) in [6.45, 7) is 2.58. The highest BCUT2D eigenvalue weighted by Gasteiger charge is 2.22. The number of carboxylic acid groups (broad SMARTS) is 1. The largest absolute Gasteiger partial charge is 0.493 e. The number of aliphatic carboxylic acids is 1. The summed E-state index contributed by atoms with van der Waals surface area (Å²) in [7, 11) is 0. The summed E-state index contributed by atoms with van der Waals surface area (Å²) in [5, 5.41) is 12.3. The van der Waals surface area contributed by atoms with Gasteiger partial charge in [0.05, 0.1) is 29.8 Å². The third kappa shape index (κ3) is 3.69. The summed E-state index contributed by atoms with van der Waals surface area (Å²) in [4.78, 5) is 21.6. The molecule has 0 spiro atoms. The number of rotatable bonds is 4. The smallest absolute Gasteiger partial charge is 0.307 e. The SMILES string of the molecule is Cc1cc2nc(-c3ccc(Cl)cc3)ccc2c(-c2ccc3c4c(ccnc24)CCO3)c1CC(=O)O. The van der Waals surface area contributed by atoms with Crippen LogP contribution >= 0.6 is 11.6 Å². The molecule has 0 saturated carbocycles. The molecule has 1 N–H and O–H groups in total. The first-order chi connectivity index (χ1) is 17.0. The lowest BCUT2D eigenvalue weighted by Gasteiger charge is -2.21. The summed E-state index contributed by atoms with van der Waals surface area (Å²) in [5.41, 5.74) is 8.01. The number of carbonyl (C=O) groups is 1. The average molecular weight is 481 g/mol. The van der Waals surface area contributed by atoms with Crippen LogP contribution in [0, 0.1) is 6.92 Å². The minimum Gasteiger partial charge on any atom is -0.493 e. The fraction of sp³-hybridized carbons (Fsp3) is 0.138. The fourth-order valence-corrected chi connectivity index (χ4v) is 5.15. The van der Waals surface area contributed by atoms with Gasteiger partial charge in [0.1, 0.15) is 5.75 Å². The minimum absolute atomic E-state index is 0.0878. The summed E-state index contributed by atoms with van der Waals surface area (Å²) in [6, 6.07) is 19.5. The van der Waals surface area contributed by atoms with Gasteiger partial charge in [0.25, 0.3) is 0 Å². The Balaban J connectivity index is 1.66. The van der Waals surface area contributed by atoms with Crippen LogP contribution in [0.4, 0.5) is 0 Å². The van der Waals surface area contributed by atoms with E-state index in [1.165, 1.54) is 5.56 Å². The lowest BCUT2D eigenvalue weighted by atomic mass is 9.87. The molecule has 1 aliphatic rings. The van der Waals surface area contributed by atoms with Crippen molar-refractivity contribution in [3.05, 3.63) is 88.6 Å². The molecule has 6 heteroatoms. The summed E-state index contributed by atoms with van der Waals surface area (Å²) in [5.74, 6) is -0.0588. The summed E-state index contributed by atoms with van der Waals surface area (Å²) in [6.07, 6.45) is 2.55. The van der Waals surface area contributed by atoms with Crippen molar-refractivity contribution in [3.63, 3.8) is 0 Å². The van der Waals surface area contributed by atoms with Gasteiger partial charge in [-0.3, -0.25) is 9.78 Å². The number of nitrogens with zero attached hydrogens (tertiary/aromatic N) is 2. The van der Waals surface area contributed by atoms with Crippen molar-refractivity contribution in [3.8, 4) is 28.1 Å². The molecule has 0 fully saturated rings. The molecular formula is C29H21ClN2O3. The third-order valence-corrected chi connectivity index (χ3v) is 6.88. The highest BCUT2D eigenvalue weighted by atomic mass is 35.5. The zero-order valence-electron chi connectivity index (χ0n) is 19.0. The number of fused-ring (bicyclic) bond motifs is 1. The van der Waals surface area contributed by atoms with Crippen LogP contribution < -0.4 is 4.74 Å². The zero-order chi connectivity index (χ0) is 24.1. The molecule has 5 nitrogen and oxygen atoms in total. The number of hydrogen-bond donors (Lipinski definition) is 1. The van der Waals surface area contributed by atoms with E-state index in [1.54, 1.807) is 0 Å². The van der Waals surface area contributed by atoms with E-state index in [-0.39, 0.29) is 6.42 Å². The molecule has 0 unspecified atom stereocenters. The average Bonchev–Trinajstić information content (AvgIpc) is 2.85. The molecule has 3 aromatic carbocycles. The standard InChI is InChI=1S/C29H21ClN2O3/c1-16-14-24-20(6-8-23(32-24)17-2-4-19(30)5-3-17)28(22(16)15-26(33)34)21-7-9-25-27-18(11-13-35-25)10-12-31-29(21)27/h2-10,12,14H,11,13,15H2,1H3,(H,33,34). The first-order valence-electron chi connectivity index (χ1n) is 11.4. The van der Waals surface area contributed by atoms with E-state index >= 15 is 0 Å². The van der Waals surface area contributed by atoms with E-state index < -0.39 is 5.97 Å². The monoisotopic (exact) mass is 480 g/mol. The number of carboxylic acids is 1. The molecule has 6 rings (SSSR count). The van der Waals surface area contributed by atoms with E-state index in [0.717, 1.165) is 67.5 Å². The van der Waals surface area contributed by atoms with Gasteiger partial charge in [-0.25, -0.2) is 4.98 Å². The maximum absolute atomic E-state index is 11.9. The molecule has 0 bridgehead atoms. The predicted molar refractivity (Wildman–Crippen MR) is 138 cm³/mol. The number of benzene rings is 3. The molecule has 0 aliphatic carbocycles. The van der Waals surface area contributed by atoms with Crippen LogP contribution in [0.2, 0.25) is 5.02 Å². The second-order valence-corrected chi connectivity index (χ2v) is 9.23. The lowest BCUT2D eigenvalue weighted by molar-refractivity contribution is -0.136. The van der Waals surface area contributed by atoms with Crippen LogP contribution in [0.5, 0.6) is 5.75 Å². The Morgan fingerprint density at radius 1 is 1.09 bits per heavy atom. The highest BCUT2D eigenvalue weighted by Crippen LogP contribution is 2.42. The molecule has 0 amide bonds. The van der Waals surface area contributed by atoms with Gasteiger partial charge in [-0.1, -0.05) is 29.8 Å². The maximum atomic E-state index is 11.9. The van der Waals surface area contributed by atoms with Crippen molar-refractivity contribution in [2.45, 2.75) is 19.8 Å². The molecule has 0 saturated heterocycles. The van der Waals surface area contributed by atoms with E-state index in [0.29, 0.717) is 11.6 Å². The van der Waals surface area contributed by atoms with Gasteiger partial charge in [-0.15, -0.1) is 0 Å². The lowest BCUT2D eigenvalue weighted by Crippen LogP contribution is -2.10. The van der Waals surface area contributed by atoms with Crippen LogP contribution in [0.15, 0.2) is 66.9 Å². The first-order valence-corrected chi connectivity index (χ1v) is 11.8. The van der Waals surface area contributed by atoms with Crippen molar-refractivity contribution in [2.24, 2.45) is 0 Å². The number of aryl methyl sites for hydroxylation is 1. The van der Waals surface area contributed by atoms with Crippen LogP contribution in [-0.4, -0.2) is 27.7 Å². The molecule has 0 atom stereocenters. The molecule has 1 aliphatic heterocycles. The van der Waals surface area contributed by atoms with Gasteiger partial charge in [0.15, 0.2) is 0 Å². The number of pyridine rings is 2. The number of hydrogen-bond acceptors (Lipinski definition) is 4. The Labute approximate surface area is 207 Å². The second-order valence-electron chi connectivity index (χ2n) is 8.79. The Morgan fingerprint density at radius 3 is 2.71 bits per heavy atom. The van der Waals surface area contributed by atoms with E-state index in [2.05, 4.69) is 0 Å². The highest BCUT2D eigenvalue weighted by molar-refractivity contribution is 6.30. The van der Waals surface area contributed by atoms with Crippen molar-refractivity contribution >= 4 is 39.4 Å². The molecule has 172 valence electrons. The van der Waals surface area contributed by atoms with Gasteiger partial charge < -0.3 is 9.84 Å². The Bertz CT molecular complexity index is 1630. The van der Waals surface area contributed by atoms with Gasteiger partial charge in [-0.2, -0.15) is 0 Å². The van der Waals surface area contributed by atoms with Gasteiger partial charge in [-0.05, 0) is 71.6 Å². The topological polar surface area (TPSA) is 72.3 Å². The predicted octanol–water partition coefficient (Wildman–Crippen LogP) is 6.64. The van der Waals surface area contributed by atoms with Crippen molar-refractivity contribution in [1.82, 2.24) is 9.97 Å². The van der Waals surface area contributed by atoms with Crippen molar-refractivity contribution in [1.29, 1.82) is 0 Å². The quantitative estimate of drug-likeness (QED) is 0.312. The minimum atomic E-state index is -0.876.